The van der Waals surface area contributed by atoms with Gasteiger partial charge in [0.25, 0.3) is 21.8 Å². The quantitative estimate of drug-likeness (QED) is 0.355. The molecular formula is C27H27N3O7S. The number of fused-ring (bicyclic) bond motifs is 1. The molecule has 10 nitrogen and oxygen atoms in total. The lowest BCUT2D eigenvalue weighted by Gasteiger charge is -2.15. The van der Waals surface area contributed by atoms with Gasteiger partial charge in [-0.3, -0.25) is 24.0 Å². The van der Waals surface area contributed by atoms with E-state index >= 15 is 0 Å². The Labute approximate surface area is 220 Å². The number of hydrogen-bond acceptors (Lipinski definition) is 7. The number of rotatable bonds is 11. The van der Waals surface area contributed by atoms with Gasteiger partial charge < -0.3 is 14.8 Å². The van der Waals surface area contributed by atoms with E-state index in [4.69, 9.17) is 9.47 Å². The van der Waals surface area contributed by atoms with Gasteiger partial charge in [0.05, 0.1) is 24.8 Å². The lowest BCUT2D eigenvalue weighted by molar-refractivity contribution is -0.116. The first-order chi connectivity index (χ1) is 18.2. The van der Waals surface area contributed by atoms with Crippen molar-refractivity contribution in [3.8, 4) is 11.5 Å². The fraction of sp³-hybridized carbons (Fsp3) is 0.222. The van der Waals surface area contributed by atoms with Crippen LogP contribution in [0.3, 0.4) is 0 Å². The van der Waals surface area contributed by atoms with Crippen molar-refractivity contribution in [2.75, 3.05) is 30.3 Å². The fourth-order valence-corrected chi connectivity index (χ4v) is 5.28. The number of sulfonamides is 1. The zero-order valence-electron chi connectivity index (χ0n) is 20.9. The average molecular weight is 538 g/mol. The van der Waals surface area contributed by atoms with E-state index in [0.29, 0.717) is 29.2 Å². The van der Waals surface area contributed by atoms with Crippen LogP contribution < -0.4 is 19.5 Å². The minimum Gasteiger partial charge on any atom is -0.495 e. The maximum atomic E-state index is 13.1. The molecule has 0 fully saturated rings. The van der Waals surface area contributed by atoms with E-state index in [1.54, 1.807) is 48.5 Å². The van der Waals surface area contributed by atoms with Crippen molar-refractivity contribution in [1.29, 1.82) is 0 Å². The first kappa shape index (κ1) is 26.7. The molecule has 1 aliphatic rings. The van der Waals surface area contributed by atoms with E-state index in [-0.39, 0.29) is 47.5 Å². The van der Waals surface area contributed by atoms with Gasteiger partial charge in [0.15, 0.2) is 0 Å². The molecule has 0 aliphatic carbocycles. The molecule has 2 N–H and O–H groups in total. The Bertz CT molecular complexity index is 1440. The minimum absolute atomic E-state index is 0.0198. The van der Waals surface area contributed by atoms with E-state index in [1.807, 2.05) is 6.92 Å². The SMILES string of the molecule is CCOc1ccc(NS(=O)(=O)c2cc(NC(=O)CCCN3C(=O)c4ccccc4C3=O)ccc2OC)cc1. The summed E-state index contributed by atoms with van der Waals surface area (Å²) in [5.74, 6) is -0.436. The Morgan fingerprint density at radius 1 is 0.921 bits per heavy atom. The summed E-state index contributed by atoms with van der Waals surface area (Å²) in [6.45, 7) is 2.43. The fourth-order valence-electron chi connectivity index (χ4n) is 4.02. The summed E-state index contributed by atoms with van der Waals surface area (Å²) in [7, 11) is -2.70. The summed E-state index contributed by atoms with van der Waals surface area (Å²) in [5, 5.41) is 2.66. The highest BCUT2D eigenvalue weighted by atomic mass is 32.2. The van der Waals surface area contributed by atoms with Crippen LogP contribution in [0.15, 0.2) is 71.6 Å². The predicted molar refractivity (Wildman–Crippen MR) is 141 cm³/mol. The molecule has 198 valence electrons. The number of carbonyl (C=O) groups is 3. The number of anilines is 2. The van der Waals surface area contributed by atoms with E-state index in [0.717, 1.165) is 4.90 Å². The first-order valence-corrected chi connectivity index (χ1v) is 13.4. The third-order valence-electron chi connectivity index (χ3n) is 5.82. The molecule has 0 unspecified atom stereocenters. The number of hydrogen-bond donors (Lipinski definition) is 2. The molecule has 38 heavy (non-hydrogen) atoms. The molecule has 3 amide bonds. The Morgan fingerprint density at radius 2 is 1.55 bits per heavy atom. The van der Waals surface area contributed by atoms with Crippen molar-refractivity contribution >= 4 is 39.1 Å². The van der Waals surface area contributed by atoms with Crippen molar-refractivity contribution < 1.29 is 32.3 Å². The van der Waals surface area contributed by atoms with Crippen molar-refractivity contribution in [3.63, 3.8) is 0 Å². The summed E-state index contributed by atoms with van der Waals surface area (Å²) in [4.78, 5) is 38.5. The van der Waals surface area contributed by atoms with Gasteiger partial charge in [0, 0.05) is 24.3 Å². The Kier molecular flexibility index (Phi) is 7.96. The van der Waals surface area contributed by atoms with Crippen LogP contribution in [0.2, 0.25) is 0 Å². The topological polar surface area (TPSA) is 131 Å². The number of benzene rings is 3. The monoisotopic (exact) mass is 537 g/mol. The molecule has 0 bridgehead atoms. The number of methoxy groups -OCH3 is 1. The summed E-state index contributed by atoms with van der Waals surface area (Å²) in [6.07, 6.45) is 0.268. The van der Waals surface area contributed by atoms with Crippen LogP contribution in [0.25, 0.3) is 0 Å². The Hall–Kier alpha value is -4.38. The van der Waals surface area contributed by atoms with Gasteiger partial charge in [0.2, 0.25) is 5.91 Å². The van der Waals surface area contributed by atoms with E-state index in [2.05, 4.69) is 10.0 Å². The summed E-state index contributed by atoms with van der Waals surface area (Å²) < 4.78 is 39.3. The molecule has 1 heterocycles. The molecule has 0 aromatic heterocycles. The van der Waals surface area contributed by atoms with Gasteiger partial charge in [-0.2, -0.15) is 0 Å². The largest absolute Gasteiger partial charge is 0.495 e. The summed E-state index contributed by atoms with van der Waals surface area (Å²) >= 11 is 0. The maximum Gasteiger partial charge on any atom is 0.265 e. The molecular weight excluding hydrogens is 510 g/mol. The number of carbonyl (C=O) groups excluding carboxylic acids is 3. The lowest BCUT2D eigenvalue weighted by atomic mass is 10.1. The van der Waals surface area contributed by atoms with Gasteiger partial charge >= 0.3 is 0 Å². The van der Waals surface area contributed by atoms with E-state index < -0.39 is 15.9 Å². The van der Waals surface area contributed by atoms with Crippen LogP contribution in [0.4, 0.5) is 11.4 Å². The summed E-state index contributed by atoms with van der Waals surface area (Å²) in [6, 6.07) is 17.3. The van der Waals surface area contributed by atoms with Gasteiger partial charge in [-0.05, 0) is 67.9 Å². The highest BCUT2D eigenvalue weighted by molar-refractivity contribution is 7.92. The summed E-state index contributed by atoms with van der Waals surface area (Å²) in [5.41, 5.74) is 1.29. The molecule has 0 saturated carbocycles. The van der Waals surface area contributed by atoms with E-state index in [9.17, 15) is 22.8 Å². The molecule has 0 spiro atoms. The highest BCUT2D eigenvalue weighted by Gasteiger charge is 2.34. The van der Waals surface area contributed by atoms with E-state index in [1.165, 1.54) is 25.3 Å². The van der Waals surface area contributed by atoms with Crippen LogP contribution in [0.5, 0.6) is 11.5 Å². The van der Waals surface area contributed by atoms with Crippen LogP contribution in [-0.4, -0.2) is 51.3 Å². The van der Waals surface area contributed by atoms with Gasteiger partial charge in [0.1, 0.15) is 16.4 Å². The molecule has 11 heteroatoms. The number of ether oxygens (including phenoxy) is 2. The van der Waals surface area contributed by atoms with Crippen LogP contribution in [0, 0.1) is 0 Å². The molecule has 1 aliphatic heterocycles. The van der Waals surface area contributed by atoms with Gasteiger partial charge in [-0.25, -0.2) is 8.42 Å². The van der Waals surface area contributed by atoms with Crippen molar-refractivity contribution in [2.24, 2.45) is 0 Å². The normalized spacial score (nSPS) is 12.7. The predicted octanol–water partition coefficient (Wildman–Crippen LogP) is 3.91. The molecule has 4 rings (SSSR count). The van der Waals surface area contributed by atoms with Crippen molar-refractivity contribution in [3.05, 3.63) is 77.9 Å². The third-order valence-corrected chi connectivity index (χ3v) is 7.22. The maximum absolute atomic E-state index is 13.1. The number of amides is 3. The second-order valence-electron chi connectivity index (χ2n) is 8.39. The second-order valence-corrected chi connectivity index (χ2v) is 10.0. The van der Waals surface area contributed by atoms with Crippen LogP contribution >= 0.6 is 0 Å². The van der Waals surface area contributed by atoms with Gasteiger partial charge in [-0.1, -0.05) is 12.1 Å². The molecule has 0 atom stereocenters. The average Bonchev–Trinajstić information content (AvgIpc) is 3.15. The van der Waals surface area contributed by atoms with Crippen LogP contribution in [-0.2, 0) is 14.8 Å². The third kappa shape index (κ3) is 5.78. The number of imide groups is 1. The van der Waals surface area contributed by atoms with Crippen molar-refractivity contribution in [2.45, 2.75) is 24.7 Å². The second kappa shape index (κ2) is 11.3. The smallest absolute Gasteiger partial charge is 0.265 e. The minimum atomic E-state index is -4.05. The van der Waals surface area contributed by atoms with Crippen LogP contribution in [0.1, 0.15) is 40.5 Å². The zero-order chi connectivity index (χ0) is 27.3. The molecule has 3 aromatic rings. The number of nitrogens with zero attached hydrogens (tertiary/aromatic N) is 1. The zero-order valence-corrected chi connectivity index (χ0v) is 21.7. The van der Waals surface area contributed by atoms with Gasteiger partial charge in [-0.15, -0.1) is 0 Å². The molecule has 0 saturated heterocycles. The molecule has 0 radical (unpaired) electrons. The lowest BCUT2D eigenvalue weighted by Crippen LogP contribution is -2.31. The Balaban J connectivity index is 1.39. The standard InChI is InChI=1S/C27H27N3O7S/c1-3-37-20-13-10-18(11-14-20)29-38(34,35)24-17-19(12-15-23(24)36-2)28-25(31)9-6-16-30-26(32)21-7-4-5-8-22(21)27(30)33/h4-5,7-8,10-15,17,29H,3,6,9,16H2,1-2H3,(H,28,31). The number of nitrogens with one attached hydrogen (secondary N) is 2. The Morgan fingerprint density at radius 3 is 2.16 bits per heavy atom. The highest BCUT2D eigenvalue weighted by Crippen LogP contribution is 2.29. The first-order valence-electron chi connectivity index (χ1n) is 11.9. The van der Waals surface area contributed by atoms with Crippen molar-refractivity contribution in [1.82, 2.24) is 4.90 Å². The molecule has 3 aromatic carbocycles.